The fraction of sp³-hybridized carbons (Fsp3) is 0.800. The van der Waals surface area contributed by atoms with Crippen LogP contribution in [0.25, 0.3) is 0 Å². The van der Waals surface area contributed by atoms with Crippen molar-refractivity contribution in [3.05, 3.63) is 0 Å². The van der Waals surface area contributed by atoms with Gasteiger partial charge in [-0.15, -0.1) is 0 Å². The Bertz CT molecular complexity index is 474. The van der Waals surface area contributed by atoms with Crippen molar-refractivity contribution in [3.63, 3.8) is 0 Å². The van der Waals surface area contributed by atoms with Gasteiger partial charge >= 0.3 is 0 Å². The molecule has 2 rings (SSSR count). The molecule has 102 valence electrons. The van der Waals surface area contributed by atoms with Crippen molar-refractivity contribution in [3.8, 4) is 0 Å². The lowest BCUT2D eigenvalue weighted by molar-refractivity contribution is -0.134. The van der Waals surface area contributed by atoms with Crippen LogP contribution in [0.4, 0.5) is 0 Å². The lowest BCUT2D eigenvalue weighted by atomic mass is 10.1. The smallest absolute Gasteiger partial charge is 0.227 e. The van der Waals surface area contributed by atoms with Crippen molar-refractivity contribution in [1.82, 2.24) is 4.90 Å². The molecule has 0 radical (unpaired) electrons. The molecule has 3 N–H and O–H groups in total. The summed E-state index contributed by atoms with van der Waals surface area (Å²) in [6, 6.07) is -0.397. The molecule has 0 aromatic heterocycles. The van der Waals surface area contributed by atoms with Crippen LogP contribution in [0.15, 0.2) is 5.16 Å². The number of likely N-dealkylation sites (tertiary alicyclic amines) is 1. The summed E-state index contributed by atoms with van der Waals surface area (Å²) in [5.74, 6) is -0.648. The SMILES string of the molecule is NC(=NO)C1CCCN1C(=O)C1CCS(=O)(=O)C1. The summed E-state index contributed by atoms with van der Waals surface area (Å²) < 4.78 is 22.7. The maximum absolute atomic E-state index is 12.2. The first-order valence-electron chi connectivity index (χ1n) is 5.93. The summed E-state index contributed by atoms with van der Waals surface area (Å²) in [7, 11) is -3.07. The zero-order valence-electron chi connectivity index (χ0n) is 9.95. The minimum Gasteiger partial charge on any atom is -0.409 e. The number of amidine groups is 1. The third-order valence-corrected chi connectivity index (χ3v) is 5.34. The highest BCUT2D eigenvalue weighted by Gasteiger charge is 2.40. The Kier molecular flexibility index (Phi) is 3.47. The molecule has 18 heavy (non-hydrogen) atoms. The van der Waals surface area contributed by atoms with Gasteiger partial charge in [-0.25, -0.2) is 8.42 Å². The molecule has 2 heterocycles. The van der Waals surface area contributed by atoms with E-state index < -0.39 is 21.8 Å². The van der Waals surface area contributed by atoms with Crippen LogP contribution in [-0.4, -0.2) is 54.4 Å². The summed E-state index contributed by atoms with van der Waals surface area (Å²) in [4.78, 5) is 13.8. The highest BCUT2D eigenvalue weighted by Crippen LogP contribution is 2.25. The van der Waals surface area contributed by atoms with Crippen LogP contribution < -0.4 is 5.73 Å². The number of sulfone groups is 1. The third kappa shape index (κ3) is 2.43. The van der Waals surface area contributed by atoms with E-state index in [1.54, 1.807) is 4.90 Å². The minimum absolute atomic E-state index is 0.0155. The monoisotopic (exact) mass is 275 g/mol. The molecule has 0 bridgehead atoms. The van der Waals surface area contributed by atoms with Crippen LogP contribution in [0.2, 0.25) is 0 Å². The van der Waals surface area contributed by atoms with Crippen molar-refractivity contribution >= 4 is 21.6 Å². The van der Waals surface area contributed by atoms with Crippen LogP contribution in [0.1, 0.15) is 19.3 Å². The van der Waals surface area contributed by atoms with Gasteiger partial charge in [-0.05, 0) is 19.3 Å². The quantitative estimate of drug-likeness (QED) is 0.295. The first-order chi connectivity index (χ1) is 8.44. The lowest BCUT2D eigenvalue weighted by Gasteiger charge is -2.25. The number of hydrogen-bond acceptors (Lipinski definition) is 5. The molecule has 1 amide bonds. The van der Waals surface area contributed by atoms with E-state index in [-0.39, 0.29) is 23.2 Å². The van der Waals surface area contributed by atoms with Crippen molar-refractivity contribution in [2.24, 2.45) is 16.8 Å². The van der Waals surface area contributed by atoms with Crippen molar-refractivity contribution in [2.75, 3.05) is 18.1 Å². The zero-order valence-corrected chi connectivity index (χ0v) is 10.8. The van der Waals surface area contributed by atoms with Crippen molar-refractivity contribution in [1.29, 1.82) is 0 Å². The molecular formula is C10H17N3O4S. The Balaban J connectivity index is 2.09. The number of hydrogen-bond donors (Lipinski definition) is 2. The summed E-state index contributed by atoms with van der Waals surface area (Å²) in [5.41, 5.74) is 5.55. The van der Waals surface area contributed by atoms with Gasteiger partial charge in [0.1, 0.15) is 0 Å². The predicted molar refractivity (Wildman–Crippen MR) is 64.9 cm³/mol. The second-order valence-electron chi connectivity index (χ2n) is 4.81. The molecule has 2 aliphatic heterocycles. The lowest BCUT2D eigenvalue weighted by Crippen LogP contribution is -2.46. The van der Waals surface area contributed by atoms with E-state index in [9.17, 15) is 13.2 Å². The first kappa shape index (κ1) is 13.1. The van der Waals surface area contributed by atoms with Gasteiger partial charge in [-0.3, -0.25) is 4.79 Å². The highest BCUT2D eigenvalue weighted by atomic mass is 32.2. The fourth-order valence-corrected chi connectivity index (χ4v) is 4.36. The van der Waals surface area contributed by atoms with E-state index in [0.717, 1.165) is 6.42 Å². The fourth-order valence-electron chi connectivity index (χ4n) is 2.63. The Labute approximate surface area is 106 Å². The molecule has 2 atom stereocenters. The molecule has 2 saturated heterocycles. The van der Waals surface area contributed by atoms with Gasteiger partial charge in [0.05, 0.1) is 23.5 Å². The predicted octanol–water partition coefficient (Wildman–Crippen LogP) is -0.841. The largest absolute Gasteiger partial charge is 0.409 e. The van der Waals surface area contributed by atoms with Crippen LogP contribution >= 0.6 is 0 Å². The van der Waals surface area contributed by atoms with E-state index in [4.69, 9.17) is 10.9 Å². The number of rotatable bonds is 2. The standard InChI is InChI=1S/C10H17N3O4S/c11-9(12-15)8-2-1-4-13(8)10(14)7-3-5-18(16,17)6-7/h7-8,15H,1-6H2,(H2,11,12). The Morgan fingerprint density at radius 2 is 2.11 bits per heavy atom. The molecule has 8 heteroatoms. The second kappa shape index (κ2) is 4.75. The molecule has 0 aromatic rings. The highest BCUT2D eigenvalue weighted by molar-refractivity contribution is 7.91. The molecule has 0 aromatic carbocycles. The summed E-state index contributed by atoms with van der Waals surface area (Å²) in [6.45, 7) is 0.538. The number of nitrogens with two attached hydrogens (primary N) is 1. The average molecular weight is 275 g/mol. The van der Waals surface area contributed by atoms with Gasteiger partial charge in [0.15, 0.2) is 15.7 Å². The van der Waals surface area contributed by atoms with E-state index >= 15 is 0 Å². The van der Waals surface area contributed by atoms with Gasteiger partial charge in [0.2, 0.25) is 5.91 Å². The van der Waals surface area contributed by atoms with Crippen molar-refractivity contribution in [2.45, 2.75) is 25.3 Å². The molecule has 0 aliphatic carbocycles. The maximum Gasteiger partial charge on any atom is 0.227 e. The summed E-state index contributed by atoms with van der Waals surface area (Å²) in [5, 5.41) is 11.6. The van der Waals surface area contributed by atoms with Gasteiger partial charge < -0.3 is 15.8 Å². The number of carbonyl (C=O) groups is 1. The van der Waals surface area contributed by atoms with Gasteiger partial charge in [0.25, 0.3) is 0 Å². The number of nitrogens with zero attached hydrogens (tertiary/aromatic N) is 2. The van der Waals surface area contributed by atoms with Crippen LogP contribution in [0.3, 0.4) is 0 Å². The van der Waals surface area contributed by atoms with E-state index in [0.29, 0.717) is 19.4 Å². The van der Waals surface area contributed by atoms with Crippen LogP contribution in [-0.2, 0) is 14.6 Å². The average Bonchev–Trinajstić information content (AvgIpc) is 2.93. The maximum atomic E-state index is 12.2. The van der Waals surface area contributed by atoms with Crippen LogP contribution in [0, 0.1) is 5.92 Å². The van der Waals surface area contributed by atoms with Crippen molar-refractivity contribution < 1.29 is 18.4 Å². The van der Waals surface area contributed by atoms with Gasteiger partial charge in [0, 0.05) is 6.54 Å². The Hall–Kier alpha value is -1.31. The third-order valence-electron chi connectivity index (χ3n) is 3.57. The van der Waals surface area contributed by atoms with Gasteiger partial charge in [-0.2, -0.15) is 0 Å². The molecule has 7 nitrogen and oxygen atoms in total. The molecule has 2 fully saturated rings. The van der Waals surface area contributed by atoms with Crippen LogP contribution in [0.5, 0.6) is 0 Å². The molecule has 2 unspecified atom stereocenters. The number of carbonyl (C=O) groups excluding carboxylic acids is 1. The van der Waals surface area contributed by atoms with E-state index in [1.807, 2.05) is 0 Å². The zero-order chi connectivity index (χ0) is 13.3. The minimum atomic E-state index is -3.07. The molecule has 0 spiro atoms. The number of oxime groups is 1. The Morgan fingerprint density at radius 3 is 2.67 bits per heavy atom. The normalized spacial score (nSPS) is 31.8. The van der Waals surface area contributed by atoms with E-state index in [1.165, 1.54) is 0 Å². The summed E-state index contributed by atoms with van der Waals surface area (Å²) in [6.07, 6.45) is 1.81. The Morgan fingerprint density at radius 1 is 1.39 bits per heavy atom. The first-order valence-corrected chi connectivity index (χ1v) is 7.75. The number of amides is 1. The summed E-state index contributed by atoms with van der Waals surface area (Å²) >= 11 is 0. The molecule has 2 aliphatic rings. The second-order valence-corrected chi connectivity index (χ2v) is 7.04. The topological polar surface area (TPSA) is 113 Å². The molecule has 0 saturated carbocycles. The molecular weight excluding hydrogens is 258 g/mol. The van der Waals surface area contributed by atoms with E-state index in [2.05, 4.69) is 5.16 Å². The van der Waals surface area contributed by atoms with Gasteiger partial charge in [-0.1, -0.05) is 5.16 Å².